The molecule has 0 unspecified atom stereocenters. The third kappa shape index (κ3) is 3.21. The molecular weight excluding hydrogens is 328 g/mol. The third-order valence-corrected chi connectivity index (χ3v) is 4.14. The van der Waals surface area contributed by atoms with Crippen LogP contribution in [0.3, 0.4) is 0 Å². The SMILES string of the molecule is Cc1ccc([N+](=O)[O-])c2nc(C(=O)O)c(C#C[Si](C)(C)C)c(O)c12. The summed E-state index contributed by atoms with van der Waals surface area (Å²) in [6, 6.07) is 2.72. The minimum atomic E-state index is -1.83. The van der Waals surface area contributed by atoms with Crippen LogP contribution in [0.2, 0.25) is 19.6 Å². The number of carbonyl (C=O) groups is 1. The van der Waals surface area contributed by atoms with E-state index in [0.717, 1.165) is 0 Å². The number of rotatable bonds is 2. The van der Waals surface area contributed by atoms with E-state index in [0.29, 0.717) is 5.56 Å². The third-order valence-electron chi connectivity index (χ3n) is 3.26. The number of pyridine rings is 1. The zero-order valence-corrected chi connectivity index (χ0v) is 14.7. The smallest absolute Gasteiger partial charge is 0.355 e. The second-order valence-electron chi connectivity index (χ2n) is 6.37. The first-order valence-corrected chi connectivity index (χ1v) is 10.6. The summed E-state index contributed by atoms with van der Waals surface area (Å²) < 4.78 is 0. The molecule has 8 heteroatoms. The molecule has 2 rings (SSSR count). The molecule has 0 saturated heterocycles. The Morgan fingerprint density at radius 2 is 1.96 bits per heavy atom. The molecule has 0 bridgehead atoms. The van der Waals surface area contributed by atoms with Crippen molar-refractivity contribution < 1.29 is 19.9 Å². The lowest BCUT2D eigenvalue weighted by molar-refractivity contribution is -0.383. The number of aryl methyl sites for hydroxylation is 1. The van der Waals surface area contributed by atoms with Gasteiger partial charge in [0.1, 0.15) is 13.8 Å². The van der Waals surface area contributed by atoms with Gasteiger partial charge in [0, 0.05) is 6.07 Å². The Morgan fingerprint density at radius 3 is 2.46 bits per heavy atom. The number of nitro benzene ring substituents is 1. The molecular formula is C16H16N2O5Si. The van der Waals surface area contributed by atoms with E-state index in [-0.39, 0.29) is 27.9 Å². The molecule has 24 heavy (non-hydrogen) atoms. The molecule has 0 saturated carbocycles. The highest BCUT2D eigenvalue weighted by molar-refractivity contribution is 6.83. The van der Waals surface area contributed by atoms with Gasteiger partial charge < -0.3 is 10.2 Å². The number of hydrogen-bond donors (Lipinski definition) is 2. The van der Waals surface area contributed by atoms with Crippen molar-refractivity contribution in [1.29, 1.82) is 0 Å². The standard InChI is InChI=1S/C16H16N2O5Si/c1-9-5-6-11(18(22)23)14-12(9)15(19)10(7-8-24(2,3)4)13(17-14)16(20)21/h5-6H,1-4H3,(H,17,19)(H,20,21). The van der Waals surface area contributed by atoms with Crippen molar-refractivity contribution in [2.75, 3.05) is 0 Å². The van der Waals surface area contributed by atoms with Crippen LogP contribution in [-0.4, -0.2) is 34.2 Å². The van der Waals surface area contributed by atoms with Gasteiger partial charge in [-0.2, -0.15) is 0 Å². The molecule has 0 spiro atoms. The number of hydrogen-bond acceptors (Lipinski definition) is 5. The first kappa shape index (κ1) is 17.4. The normalized spacial score (nSPS) is 11.0. The van der Waals surface area contributed by atoms with Crippen LogP contribution in [0, 0.1) is 28.5 Å². The van der Waals surface area contributed by atoms with Crippen LogP contribution in [0.1, 0.15) is 21.6 Å². The number of carboxylic acid groups (broad SMARTS) is 1. The van der Waals surface area contributed by atoms with Gasteiger partial charge in [-0.3, -0.25) is 10.1 Å². The van der Waals surface area contributed by atoms with Crippen LogP contribution in [0.25, 0.3) is 10.9 Å². The number of benzene rings is 1. The number of aromatic hydroxyl groups is 1. The maximum atomic E-state index is 11.5. The zero-order chi connectivity index (χ0) is 18.2. The van der Waals surface area contributed by atoms with E-state index in [9.17, 15) is 25.1 Å². The molecule has 1 aromatic carbocycles. The van der Waals surface area contributed by atoms with E-state index >= 15 is 0 Å². The predicted octanol–water partition coefficient (Wildman–Crippen LogP) is 3.08. The van der Waals surface area contributed by atoms with Gasteiger partial charge >= 0.3 is 5.97 Å². The molecule has 1 heterocycles. The van der Waals surface area contributed by atoms with Crippen molar-refractivity contribution in [3.63, 3.8) is 0 Å². The van der Waals surface area contributed by atoms with Gasteiger partial charge in [0.2, 0.25) is 0 Å². The Labute approximate surface area is 139 Å². The molecule has 2 aromatic rings. The van der Waals surface area contributed by atoms with E-state index in [4.69, 9.17) is 0 Å². The fraction of sp³-hybridized carbons (Fsp3) is 0.250. The van der Waals surface area contributed by atoms with Gasteiger partial charge in [0.15, 0.2) is 11.2 Å². The summed E-state index contributed by atoms with van der Waals surface area (Å²) in [4.78, 5) is 26.0. The van der Waals surface area contributed by atoms with Gasteiger partial charge in [-0.15, -0.1) is 5.54 Å². The van der Waals surface area contributed by atoms with Crippen molar-refractivity contribution in [3.8, 4) is 17.2 Å². The lowest BCUT2D eigenvalue weighted by Crippen LogP contribution is -2.16. The van der Waals surface area contributed by atoms with Crippen molar-refractivity contribution in [2.24, 2.45) is 0 Å². The van der Waals surface area contributed by atoms with Gasteiger partial charge in [-0.25, -0.2) is 9.78 Å². The Morgan fingerprint density at radius 1 is 1.33 bits per heavy atom. The fourth-order valence-electron chi connectivity index (χ4n) is 2.17. The Balaban J connectivity index is 2.98. The van der Waals surface area contributed by atoms with E-state index < -0.39 is 24.7 Å². The molecule has 0 fully saturated rings. The number of aromatic carboxylic acids is 1. The van der Waals surface area contributed by atoms with Crippen LogP contribution in [0.5, 0.6) is 5.75 Å². The summed E-state index contributed by atoms with van der Waals surface area (Å²) in [7, 11) is -1.83. The molecule has 1 aromatic heterocycles. The van der Waals surface area contributed by atoms with Gasteiger partial charge in [0.25, 0.3) is 5.69 Å². The summed E-state index contributed by atoms with van der Waals surface area (Å²) in [5.74, 6) is 0.934. The fourth-order valence-corrected chi connectivity index (χ4v) is 2.67. The molecule has 0 amide bonds. The zero-order valence-electron chi connectivity index (χ0n) is 13.7. The van der Waals surface area contributed by atoms with Crippen molar-refractivity contribution in [1.82, 2.24) is 4.98 Å². The molecule has 2 N–H and O–H groups in total. The molecule has 0 aliphatic rings. The Bertz CT molecular complexity index is 936. The summed E-state index contributed by atoms with van der Waals surface area (Å²) >= 11 is 0. The second-order valence-corrected chi connectivity index (χ2v) is 11.1. The average molecular weight is 344 g/mol. The molecule has 0 aliphatic carbocycles. The maximum absolute atomic E-state index is 11.5. The summed E-state index contributed by atoms with van der Waals surface area (Å²) in [5, 5.41) is 31.3. The first-order chi connectivity index (χ1) is 11.0. The van der Waals surface area contributed by atoms with Crippen LogP contribution < -0.4 is 0 Å². The van der Waals surface area contributed by atoms with Crippen LogP contribution in [0.4, 0.5) is 5.69 Å². The highest BCUT2D eigenvalue weighted by Crippen LogP contribution is 2.36. The quantitative estimate of drug-likeness (QED) is 0.374. The van der Waals surface area contributed by atoms with Crippen molar-refractivity contribution in [2.45, 2.75) is 26.6 Å². The summed E-state index contributed by atoms with van der Waals surface area (Å²) in [6.07, 6.45) is 0. The Hall–Kier alpha value is -2.92. The summed E-state index contributed by atoms with van der Waals surface area (Å²) in [6.45, 7) is 7.58. The lowest BCUT2D eigenvalue weighted by Gasteiger charge is -2.10. The van der Waals surface area contributed by atoms with E-state index in [2.05, 4.69) is 16.4 Å². The van der Waals surface area contributed by atoms with Crippen molar-refractivity contribution >= 4 is 30.6 Å². The number of fused-ring (bicyclic) bond motifs is 1. The van der Waals surface area contributed by atoms with Crippen LogP contribution in [-0.2, 0) is 0 Å². The van der Waals surface area contributed by atoms with E-state index in [1.165, 1.54) is 12.1 Å². The number of nitrogens with zero attached hydrogens (tertiary/aromatic N) is 2. The predicted molar refractivity (Wildman–Crippen MR) is 92.0 cm³/mol. The molecule has 0 radical (unpaired) electrons. The molecule has 7 nitrogen and oxygen atoms in total. The van der Waals surface area contributed by atoms with Gasteiger partial charge in [0.05, 0.1) is 15.9 Å². The molecule has 0 aliphatic heterocycles. The lowest BCUT2D eigenvalue weighted by atomic mass is 10.0. The van der Waals surface area contributed by atoms with E-state index in [1.807, 2.05) is 19.6 Å². The minimum Gasteiger partial charge on any atom is -0.506 e. The first-order valence-electron chi connectivity index (χ1n) is 7.10. The topological polar surface area (TPSA) is 114 Å². The molecule has 124 valence electrons. The van der Waals surface area contributed by atoms with Gasteiger partial charge in [-0.1, -0.05) is 31.6 Å². The minimum absolute atomic E-state index is 0.110. The number of carboxylic acids is 1. The van der Waals surface area contributed by atoms with Crippen molar-refractivity contribution in [3.05, 3.63) is 39.1 Å². The molecule has 0 atom stereocenters. The number of nitro groups is 1. The highest BCUT2D eigenvalue weighted by atomic mass is 28.3. The van der Waals surface area contributed by atoms with Crippen LogP contribution >= 0.6 is 0 Å². The highest BCUT2D eigenvalue weighted by Gasteiger charge is 2.25. The largest absolute Gasteiger partial charge is 0.506 e. The second kappa shape index (κ2) is 5.94. The summed E-state index contributed by atoms with van der Waals surface area (Å²) in [5.41, 5.74) is 2.42. The van der Waals surface area contributed by atoms with E-state index in [1.54, 1.807) is 6.92 Å². The average Bonchev–Trinajstić information content (AvgIpc) is 2.44. The number of aromatic nitrogens is 1. The maximum Gasteiger partial charge on any atom is 0.355 e. The number of non-ortho nitro benzene ring substituents is 1. The monoisotopic (exact) mass is 344 g/mol. The van der Waals surface area contributed by atoms with Crippen LogP contribution in [0.15, 0.2) is 12.1 Å². The Kier molecular flexibility index (Phi) is 4.31. The van der Waals surface area contributed by atoms with Gasteiger partial charge in [-0.05, 0) is 12.5 Å².